The van der Waals surface area contributed by atoms with Crippen molar-refractivity contribution in [3.05, 3.63) is 36.1 Å². The standard InChI is InChI=1S/C15H22N2O/c1-11(2)16-9-12(3)17-10-14-8-13-6-4-5-7-15(13)18-14/h4-8,11-12,16-17H,9-10H2,1-3H3. The molecule has 0 bridgehead atoms. The van der Waals surface area contributed by atoms with Crippen molar-refractivity contribution in [2.45, 2.75) is 39.4 Å². The molecule has 1 unspecified atom stereocenters. The van der Waals surface area contributed by atoms with Gasteiger partial charge >= 0.3 is 0 Å². The zero-order valence-electron chi connectivity index (χ0n) is 11.4. The maximum Gasteiger partial charge on any atom is 0.134 e. The predicted molar refractivity (Wildman–Crippen MR) is 75.7 cm³/mol. The summed E-state index contributed by atoms with van der Waals surface area (Å²) < 4.78 is 5.76. The highest BCUT2D eigenvalue weighted by Gasteiger charge is 2.06. The van der Waals surface area contributed by atoms with Gasteiger partial charge in [0.2, 0.25) is 0 Å². The Morgan fingerprint density at radius 2 is 1.89 bits per heavy atom. The Morgan fingerprint density at radius 1 is 1.11 bits per heavy atom. The van der Waals surface area contributed by atoms with E-state index in [2.05, 4.69) is 43.5 Å². The number of fused-ring (bicyclic) bond motifs is 1. The van der Waals surface area contributed by atoms with Crippen molar-refractivity contribution >= 4 is 11.0 Å². The maximum absolute atomic E-state index is 5.76. The number of hydrogen-bond acceptors (Lipinski definition) is 3. The number of hydrogen-bond donors (Lipinski definition) is 2. The van der Waals surface area contributed by atoms with Gasteiger partial charge in [0.05, 0.1) is 6.54 Å². The lowest BCUT2D eigenvalue weighted by Gasteiger charge is -2.15. The molecule has 0 aliphatic heterocycles. The first-order valence-electron chi connectivity index (χ1n) is 6.59. The first-order valence-corrected chi connectivity index (χ1v) is 6.59. The molecule has 0 spiro atoms. The van der Waals surface area contributed by atoms with Gasteiger partial charge in [-0.15, -0.1) is 0 Å². The normalized spacial score (nSPS) is 13.3. The molecule has 3 heteroatoms. The Morgan fingerprint density at radius 3 is 2.61 bits per heavy atom. The van der Waals surface area contributed by atoms with Crippen molar-refractivity contribution in [3.8, 4) is 0 Å². The smallest absolute Gasteiger partial charge is 0.134 e. The molecule has 0 aliphatic carbocycles. The molecule has 3 nitrogen and oxygen atoms in total. The Bertz CT molecular complexity index is 457. The van der Waals surface area contributed by atoms with Crippen molar-refractivity contribution in [2.75, 3.05) is 6.54 Å². The minimum Gasteiger partial charge on any atom is -0.460 e. The summed E-state index contributed by atoms with van der Waals surface area (Å²) in [5, 5.41) is 8.04. The molecule has 1 aromatic heterocycles. The van der Waals surface area contributed by atoms with E-state index in [1.54, 1.807) is 0 Å². The van der Waals surface area contributed by atoms with Gasteiger partial charge in [0.1, 0.15) is 11.3 Å². The minimum absolute atomic E-state index is 0.431. The second-order valence-electron chi connectivity index (χ2n) is 5.10. The lowest BCUT2D eigenvalue weighted by atomic mass is 10.2. The van der Waals surface area contributed by atoms with E-state index in [1.165, 1.54) is 5.39 Å². The summed E-state index contributed by atoms with van der Waals surface area (Å²) in [6, 6.07) is 11.2. The summed E-state index contributed by atoms with van der Waals surface area (Å²) in [7, 11) is 0. The van der Waals surface area contributed by atoms with Gasteiger partial charge in [-0.1, -0.05) is 32.0 Å². The zero-order valence-corrected chi connectivity index (χ0v) is 11.4. The molecule has 2 N–H and O–H groups in total. The maximum atomic E-state index is 5.76. The molecular weight excluding hydrogens is 224 g/mol. The van der Waals surface area contributed by atoms with Crippen LogP contribution in [0.1, 0.15) is 26.5 Å². The largest absolute Gasteiger partial charge is 0.460 e. The summed E-state index contributed by atoms with van der Waals surface area (Å²) in [6.07, 6.45) is 0. The van der Waals surface area contributed by atoms with Gasteiger partial charge in [-0.3, -0.25) is 0 Å². The zero-order chi connectivity index (χ0) is 13.0. The summed E-state index contributed by atoms with van der Waals surface area (Å²) in [4.78, 5) is 0. The third kappa shape index (κ3) is 3.59. The summed E-state index contributed by atoms with van der Waals surface area (Å²) in [5.74, 6) is 0.993. The third-order valence-electron chi connectivity index (χ3n) is 2.93. The lowest BCUT2D eigenvalue weighted by Crippen LogP contribution is -2.38. The molecule has 18 heavy (non-hydrogen) atoms. The lowest BCUT2D eigenvalue weighted by molar-refractivity contribution is 0.442. The summed E-state index contributed by atoms with van der Waals surface area (Å²) in [5.41, 5.74) is 0.960. The van der Waals surface area contributed by atoms with Crippen LogP contribution in [0, 0.1) is 0 Å². The fourth-order valence-corrected chi connectivity index (χ4v) is 1.88. The molecule has 1 heterocycles. The molecule has 1 atom stereocenters. The van der Waals surface area contributed by atoms with E-state index >= 15 is 0 Å². The van der Waals surface area contributed by atoms with E-state index in [0.717, 1.165) is 24.4 Å². The van der Waals surface area contributed by atoms with Crippen LogP contribution in [0.5, 0.6) is 0 Å². The molecule has 98 valence electrons. The topological polar surface area (TPSA) is 37.2 Å². The van der Waals surface area contributed by atoms with E-state index in [-0.39, 0.29) is 0 Å². The molecular formula is C15H22N2O. The highest BCUT2D eigenvalue weighted by Crippen LogP contribution is 2.18. The molecule has 0 fully saturated rings. The Labute approximate surface area is 109 Å². The number of rotatable bonds is 6. The summed E-state index contributed by atoms with van der Waals surface area (Å²) in [6.45, 7) is 8.24. The molecule has 1 aromatic carbocycles. The molecule has 0 amide bonds. The monoisotopic (exact) mass is 246 g/mol. The fourth-order valence-electron chi connectivity index (χ4n) is 1.88. The SMILES string of the molecule is CC(C)NCC(C)NCc1cc2ccccc2o1. The van der Waals surface area contributed by atoms with Crippen LogP contribution in [0.4, 0.5) is 0 Å². The van der Waals surface area contributed by atoms with E-state index in [9.17, 15) is 0 Å². The van der Waals surface area contributed by atoms with Crippen molar-refractivity contribution in [1.29, 1.82) is 0 Å². The molecule has 2 aromatic rings. The Balaban J connectivity index is 1.86. The second kappa shape index (κ2) is 6.03. The van der Waals surface area contributed by atoms with Crippen molar-refractivity contribution in [2.24, 2.45) is 0 Å². The number of benzene rings is 1. The molecule has 0 saturated heterocycles. The van der Waals surface area contributed by atoms with Crippen molar-refractivity contribution in [1.82, 2.24) is 10.6 Å². The fraction of sp³-hybridized carbons (Fsp3) is 0.467. The van der Waals surface area contributed by atoms with Crippen LogP contribution in [-0.4, -0.2) is 18.6 Å². The molecule has 0 radical (unpaired) electrons. The van der Waals surface area contributed by atoms with Crippen LogP contribution in [0.15, 0.2) is 34.7 Å². The van der Waals surface area contributed by atoms with Gasteiger partial charge in [0.15, 0.2) is 0 Å². The van der Waals surface area contributed by atoms with E-state index in [4.69, 9.17) is 4.42 Å². The van der Waals surface area contributed by atoms with Gasteiger partial charge < -0.3 is 15.1 Å². The van der Waals surface area contributed by atoms with Gasteiger partial charge in [0, 0.05) is 24.0 Å². The second-order valence-corrected chi connectivity index (χ2v) is 5.10. The van der Waals surface area contributed by atoms with Gasteiger partial charge in [-0.25, -0.2) is 0 Å². The van der Waals surface area contributed by atoms with E-state index in [0.29, 0.717) is 12.1 Å². The summed E-state index contributed by atoms with van der Waals surface area (Å²) >= 11 is 0. The minimum atomic E-state index is 0.431. The van der Waals surface area contributed by atoms with Crippen LogP contribution in [0.3, 0.4) is 0 Å². The highest BCUT2D eigenvalue weighted by molar-refractivity contribution is 5.77. The first kappa shape index (κ1) is 13.1. The van der Waals surface area contributed by atoms with Gasteiger partial charge in [-0.2, -0.15) is 0 Å². The van der Waals surface area contributed by atoms with Crippen LogP contribution in [0.2, 0.25) is 0 Å². The van der Waals surface area contributed by atoms with Crippen LogP contribution < -0.4 is 10.6 Å². The van der Waals surface area contributed by atoms with E-state index < -0.39 is 0 Å². The third-order valence-corrected chi connectivity index (χ3v) is 2.93. The average molecular weight is 246 g/mol. The highest BCUT2D eigenvalue weighted by atomic mass is 16.3. The number of furan rings is 1. The Hall–Kier alpha value is -1.32. The van der Waals surface area contributed by atoms with Crippen LogP contribution >= 0.6 is 0 Å². The van der Waals surface area contributed by atoms with Gasteiger partial charge in [-0.05, 0) is 19.1 Å². The molecule has 0 saturated carbocycles. The molecule has 2 rings (SSSR count). The average Bonchev–Trinajstić information content (AvgIpc) is 2.76. The number of nitrogens with one attached hydrogen (secondary N) is 2. The predicted octanol–water partition coefficient (Wildman–Crippen LogP) is 2.91. The quantitative estimate of drug-likeness (QED) is 0.823. The van der Waals surface area contributed by atoms with E-state index in [1.807, 2.05) is 18.2 Å². The van der Waals surface area contributed by atoms with Crippen molar-refractivity contribution in [3.63, 3.8) is 0 Å². The first-order chi connectivity index (χ1) is 8.65. The van der Waals surface area contributed by atoms with Crippen LogP contribution in [0.25, 0.3) is 11.0 Å². The van der Waals surface area contributed by atoms with Gasteiger partial charge in [0.25, 0.3) is 0 Å². The van der Waals surface area contributed by atoms with Crippen molar-refractivity contribution < 1.29 is 4.42 Å². The number of para-hydroxylation sites is 1. The Kier molecular flexibility index (Phi) is 4.39. The molecule has 0 aliphatic rings. The van der Waals surface area contributed by atoms with Crippen LogP contribution in [-0.2, 0) is 6.54 Å².